The smallest absolute Gasteiger partial charge is 0.0337 e. The van der Waals surface area contributed by atoms with Crippen LogP contribution >= 0.6 is 22.9 Å². The molecular formula is C9H17IN2. The molecule has 0 aromatic rings. The Morgan fingerprint density at radius 3 is 2.17 bits per heavy atom. The summed E-state index contributed by atoms with van der Waals surface area (Å²) in [5.41, 5.74) is 0.372. The van der Waals surface area contributed by atoms with Crippen LogP contribution in [0.5, 0.6) is 0 Å². The third kappa shape index (κ3) is 1.40. The van der Waals surface area contributed by atoms with Gasteiger partial charge in [-0.15, -0.1) is 0 Å². The van der Waals surface area contributed by atoms with Crippen LogP contribution in [0.4, 0.5) is 0 Å². The summed E-state index contributed by atoms with van der Waals surface area (Å²) in [6, 6.07) is 1.65. The first-order valence-corrected chi connectivity index (χ1v) is 5.64. The van der Waals surface area contributed by atoms with Crippen LogP contribution in [0.3, 0.4) is 0 Å². The second-order valence-corrected chi connectivity index (χ2v) is 6.19. The van der Waals surface area contributed by atoms with Crippen LogP contribution in [-0.4, -0.2) is 38.7 Å². The van der Waals surface area contributed by atoms with Gasteiger partial charge in [0.25, 0.3) is 0 Å². The van der Waals surface area contributed by atoms with E-state index in [-0.39, 0.29) is 0 Å². The second-order valence-electron chi connectivity index (χ2n) is 4.95. The van der Waals surface area contributed by atoms with Crippen molar-refractivity contribution in [3.8, 4) is 0 Å². The Bertz CT molecular complexity index is 185. The van der Waals surface area contributed by atoms with Gasteiger partial charge in [-0.25, -0.2) is 3.11 Å². The molecule has 2 nitrogen and oxygen atoms in total. The molecule has 12 heavy (non-hydrogen) atoms. The lowest BCUT2D eigenvalue weighted by Crippen LogP contribution is -2.51. The predicted molar refractivity (Wildman–Crippen MR) is 59.4 cm³/mol. The standard InChI is InChI=1S/C9H17IN2/c1-9(2,3)11-5-8-4-7(11)6-12(8)10/h7-8H,4-6H2,1-3H3. The Labute approximate surface area is 88.8 Å². The summed E-state index contributed by atoms with van der Waals surface area (Å²) in [5, 5.41) is 0. The lowest BCUT2D eigenvalue weighted by molar-refractivity contribution is 0.0908. The monoisotopic (exact) mass is 280 g/mol. The van der Waals surface area contributed by atoms with Crippen molar-refractivity contribution in [3.05, 3.63) is 0 Å². The number of fused-ring (bicyclic) bond motifs is 2. The fraction of sp³-hybridized carbons (Fsp3) is 1.00. The fourth-order valence-electron chi connectivity index (χ4n) is 2.44. The van der Waals surface area contributed by atoms with Gasteiger partial charge in [0, 0.05) is 53.6 Å². The zero-order chi connectivity index (χ0) is 8.93. The number of rotatable bonds is 0. The molecule has 0 radical (unpaired) electrons. The number of hydrogen-bond donors (Lipinski definition) is 0. The fourth-order valence-corrected chi connectivity index (χ4v) is 3.30. The minimum atomic E-state index is 0.372. The van der Waals surface area contributed by atoms with Gasteiger partial charge in [0.15, 0.2) is 0 Å². The van der Waals surface area contributed by atoms with E-state index < -0.39 is 0 Å². The molecule has 2 unspecified atom stereocenters. The van der Waals surface area contributed by atoms with Crippen molar-refractivity contribution < 1.29 is 0 Å². The van der Waals surface area contributed by atoms with Gasteiger partial charge in [-0.05, 0) is 27.2 Å². The summed E-state index contributed by atoms with van der Waals surface area (Å²) in [5.74, 6) is 0. The van der Waals surface area contributed by atoms with Crippen molar-refractivity contribution in [2.45, 2.75) is 44.8 Å². The van der Waals surface area contributed by atoms with Crippen molar-refractivity contribution in [3.63, 3.8) is 0 Å². The highest BCUT2D eigenvalue weighted by Crippen LogP contribution is 2.36. The molecular weight excluding hydrogens is 263 g/mol. The Kier molecular flexibility index (Phi) is 2.16. The maximum atomic E-state index is 2.66. The molecule has 2 saturated heterocycles. The van der Waals surface area contributed by atoms with E-state index in [1.54, 1.807) is 0 Å². The predicted octanol–water partition coefficient (Wildman–Crippen LogP) is 1.89. The number of hydrogen-bond acceptors (Lipinski definition) is 2. The summed E-state index contributed by atoms with van der Waals surface area (Å²) in [6.07, 6.45) is 1.39. The minimum absolute atomic E-state index is 0.372. The maximum Gasteiger partial charge on any atom is 0.0337 e. The first kappa shape index (κ1) is 9.21. The summed E-state index contributed by atoms with van der Waals surface area (Å²) in [7, 11) is 0. The van der Waals surface area contributed by atoms with Crippen molar-refractivity contribution in [1.82, 2.24) is 8.01 Å². The maximum absolute atomic E-state index is 2.66. The van der Waals surface area contributed by atoms with Crippen molar-refractivity contribution >= 4 is 22.9 Å². The van der Waals surface area contributed by atoms with Crippen molar-refractivity contribution in [1.29, 1.82) is 0 Å². The molecule has 2 aliphatic rings. The van der Waals surface area contributed by atoms with Gasteiger partial charge in [0.1, 0.15) is 0 Å². The lowest BCUT2D eigenvalue weighted by Gasteiger charge is -2.40. The molecule has 2 atom stereocenters. The third-order valence-electron chi connectivity index (χ3n) is 3.04. The van der Waals surface area contributed by atoms with Crippen molar-refractivity contribution in [2.75, 3.05) is 13.1 Å². The Morgan fingerprint density at radius 2 is 1.83 bits per heavy atom. The summed E-state index contributed by atoms with van der Waals surface area (Å²) in [4.78, 5) is 2.66. The number of likely N-dealkylation sites (tertiary alicyclic amines) is 1. The largest absolute Gasteiger partial charge is 0.293 e. The third-order valence-corrected chi connectivity index (χ3v) is 4.22. The van der Waals surface area contributed by atoms with E-state index in [0.717, 1.165) is 12.1 Å². The zero-order valence-electron chi connectivity index (χ0n) is 8.05. The highest BCUT2D eigenvalue weighted by Gasteiger charge is 2.45. The molecule has 0 aromatic heterocycles. The molecule has 2 bridgehead atoms. The van der Waals surface area contributed by atoms with Crippen LogP contribution in [0.2, 0.25) is 0 Å². The highest BCUT2D eigenvalue weighted by molar-refractivity contribution is 14.1. The molecule has 2 aliphatic heterocycles. The van der Waals surface area contributed by atoms with Crippen molar-refractivity contribution in [2.24, 2.45) is 0 Å². The topological polar surface area (TPSA) is 6.48 Å². The van der Waals surface area contributed by atoms with E-state index in [0.29, 0.717) is 5.54 Å². The molecule has 0 spiro atoms. The van der Waals surface area contributed by atoms with E-state index in [1.165, 1.54) is 19.5 Å². The van der Waals surface area contributed by atoms with E-state index in [9.17, 15) is 0 Å². The summed E-state index contributed by atoms with van der Waals surface area (Å²) < 4.78 is 2.48. The van der Waals surface area contributed by atoms with Crippen LogP contribution in [0.15, 0.2) is 0 Å². The van der Waals surface area contributed by atoms with Gasteiger partial charge in [-0.2, -0.15) is 0 Å². The van der Waals surface area contributed by atoms with Crippen LogP contribution < -0.4 is 0 Å². The van der Waals surface area contributed by atoms with E-state index >= 15 is 0 Å². The van der Waals surface area contributed by atoms with Crippen LogP contribution in [0.25, 0.3) is 0 Å². The average Bonchev–Trinajstić information content (AvgIpc) is 2.41. The van der Waals surface area contributed by atoms with Crippen LogP contribution in [-0.2, 0) is 0 Å². The van der Waals surface area contributed by atoms with Gasteiger partial charge in [-0.3, -0.25) is 4.90 Å². The SMILES string of the molecule is CC(C)(C)N1CC2CC1CN2I. The van der Waals surface area contributed by atoms with E-state index in [1.807, 2.05) is 0 Å². The van der Waals surface area contributed by atoms with Gasteiger partial charge < -0.3 is 0 Å². The van der Waals surface area contributed by atoms with Gasteiger partial charge >= 0.3 is 0 Å². The normalized spacial score (nSPS) is 38.0. The first-order chi connectivity index (χ1) is 5.48. The van der Waals surface area contributed by atoms with E-state index in [2.05, 4.69) is 51.6 Å². The molecule has 2 fully saturated rings. The lowest BCUT2D eigenvalue weighted by atomic mass is 10.0. The molecule has 0 amide bonds. The molecule has 0 aliphatic carbocycles. The van der Waals surface area contributed by atoms with Gasteiger partial charge in [0.05, 0.1) is 0 Å². The molecule has 0 saturated carbocycles. The Hall–Kier alpha value is 0.650. The van der Waals surface area contributed by atoms with Gasteiger partial charge in [-0.1, -0.05) is 0 Å². The quantitative estimate of drug-likeness (QED) is 0.494. The van der Waals surface area contributed by atoms with Crippen LogP contribution in [0, 0.1) is 0 Å². The molecule has 2 heterocycles. The number of halogens is 1. The molecule has 0 N–H and O–H groups in total. The van der Waals surface area contributed by atoms with E-state index in [4.69, 9.17) is 0 Å². The zero-order valence-corrected chi connectivity index (χ0v) is 10.2. The number of nitrogens with zero attached hydrogens (tertiary/aromatic N) is 2. The average molecular weight is 280 g/mol. The Morgan fingerprint density at radius 1 is 1.17 bits per heavy atom. The molecule has 70 valence electrons. The number of piperazine rings is 1. The summed E-state index contributed by atoms with van der Waals surface area (Å²) in [6.45, 7) is 9.52. The van der Waals surface area contributed by atoms with Crippen LogP contribution in [0.1, 0.15) is 27.2 Å². The molecule has 3 heteroatoms. The molecule has 2 rings (SSSR count). The Balaban J connectivity index is 2.08. The van der Waals surface area contributed by atoms with Gasteiger partial charge in [0.2, 0.25) is 0 Å². The first-order valence-electron chi connectivity index (χ1n) is 4.67. The second kappa shape index (κ2) is 2.82. The molecule has 0 aromatic carbocycles. The minimum Gasteiger partial charge on any atom is -0.293 e. The summed E-state index contributed by atoms with van der Waals surface area (Å²) >= 11 is 2.47. The highest BCUT2D eigenvalue weighted by atomic mass is 127.